The van der Waals surface area contributed by atoms with Gasteiger partial charge < -0.3 is 10.0 Å². The van der Waals surface area contributed by atoms with Crippen molar-refractivity contribution in [1.29, 1.82) is 0 Å². The largest absolute Gasteiger partial charge is 0.396 e. The second-order valence-electron chi connectivity index (χ2n) is 6.65. The number of hydrogen-bond acceptors (Lipinski definition) is 4. The Balaban J connectivity index is 1.50. The molecule has 2 aliphatic rings. The summed E-state index contributed by atoms with van der Waals surface area (Å²) in [6.07, 6.45) is 3.84. The van der Waals surface area contributed by atoms with E-state index in [1.165, 1.54) is 10.4 Å². The van der Waals surface area contributed by atoms with Crippen LogP contribution in [0.25, 0.3) is 0 Å². The van der Waals surface area contributed by atoms with Gasteiger partial charge in [-0.15, -0.1) is 11.3 Å². The quantitative estimate of drug-likeness (QED) is 0.923. The Bertz CT molecular complexity index is 517. The van der Waals surface area contributed by atoms with Gasteiger partial charge in [0.05, 0.1) is 0 Å². The third kappa shape index (κ3) is 3.53. The van der Waals surface area contributed by atoms with E-state index < -0.39 is 0 Å². The van der Waals surface area contributed by atoms with E-state index in [0.717, 1.165) is 45.4 Å². The first-order valence-electron chi connectivity index (χ1n) is 8.35. The highest BCUT2D eigenvalue weighted by Gasteiger charge is 2.26. The molecule has 1 saturated heterocycles. The van der Waals surface area contributed by atoms with Crippen molar-refractivity contribution in [3.63, 3.8) is 0 Å². The van der Waals surface area contributed by atoms with Crippen molar-refractivity contribution in [2.45, 2.75) is 45.2 Å². The molecule has 1 aromatic rings. The summed E-state index contributed by atoms with van der Waals surface area (Å²) in [7, 11) is 0. The van der Waals surface area contributed by atoms with E-state index >= 15 is 0 Å². The van der Waals surface area contributed by atoms with Crippen LogP contribution in [0, 0.1) is 5.92 Å². The second-order valence-corrected chi connectivity index (χ2v) is 7.65. The predicted molar refractivity (Wildman–Crippen MR) is 88.9 cm³/mol. The zero-order chi connectivity index (χ0) is 15.5. The molecule has 3 heterocycles. The molecule has 1 N–H and O–H groups in total. The zero-order valence-electron chi connectivity index (χ0n) is 13.3. The molecule has 0 aromatic carbocycles. The van der Waals surface area contributed by atoms with Crippen LogP contribution in [-0.4, -0.2) is 53.1 Å². The molecule has 0 spiro atoms. The molecule has 0 bridgehead atoms. The van der Waals surface area contributed by atoms with Gasteiger partial charge in [0.15, 0.2) is 0 Å². The molecular weight excluding hydrogens is 296 g/mol. The molecule has 1 aromatic heterocycles. The smallest absolute Gasteiger partial charge is 0.224 e. The maximum absolute atomic E-state index is 12.5. The van der Waals surface area contributed by atoms with Crippen LogP contribution >= 0.6 is 11.3 Å². The molecule has 0 aliphatic carbocycles. The fourth-order valence-electron chi connectivity index (χ4n) is 3.58. The van der Waals surface area contributed by atoms with Gasteiger partial charge >= 0.3 is 0 Å². The van der Waals surface area contributed by atoms with Crippen molar-refractivity contribution < 1.29 is 9.90 Å². The van der Waals surface area contributed by atoms with Gasteiger partial charge in [0, 0.05) is 50.1 Å². The highest BCUT2D eigenvalue weighted by molar-refractivity contribution is 7.10. The van der Waals surface area contributed by atoms with E-state index in [4.69, 9.17) is 0 Å². The summed E-state index contributed by atoms with van der Waals surface area (Å²) >= 11 is 1.81. The first kappa shape index (κ1) is 16.0. The Morgan fingerprint density at radius 1 is 1.45 bits per heavy atom. The van der Waals surface area contributed by atoms with Crippen LogP contribution in [0.2, 0.25) is 0 Å². The van der Waals surface area contributed by atoms with Gasteiger partial charge in [-0.1, -0.05) is 0 Å². The number of hydrogen-bond donors (Lipinski definition) is 1. The number of piperidine rings is 1. The minimum absolute atomic E-state index is 0.268. The summed E-state index contributed by atoms with van der Waals surface area (Å²) in [4.78, 5) is 18.3. The fraction of sp³-hybridized carbons (Fsp3) is 0.706. The van der Waals surface area contributed by atoms with E-state index in [2.05, 4.69) is 23.3 Å². The van der Waals surface area contributed by atoms with E-state index in [1.54, 1.807) is 0 Å². The van der Waals surface area contributed by atoms with E-state index in [-0.39, 0.29) is 12.5 Å². The molecule has 2 atom stereocenters. The summed E-state index contributed by atoms with van der Waals surface area (Å²) < 4.78 is 0. The summed E-state index contributed by atoms with van der Waals surface area (Å²) in [5, 5.41) is 11.5. The van der Waals surface area contributed by atoms with Gasteiger partial charge in [0.25, 0.3) is 0 Å². The van der Waals surface area contributed by atoms with Crippen LogP contribution in [-0.2, 0) is 17.8 Å². The average molecular weight is 322 g/mol. The van der Waals surface area contributed by atoms with Crippen molar-refractivity contribution in [2.75, 3.05) is 26.2 Å². The maximum atomic E-state index is 12.5. The topological polar surface area (TPSA) is 43.8 Å². The molecule has 1 amide bonds. The Morgan fingerprint density at radius 2 is 2.32 bits per heavy atom. The molecular formula is C17H26N2O2S. The van der Waals surface area contributed by atoms with Gasteiger partial charge in [-0.3, -0.25) is 9.69 Å². The van der Waals surface area contributed by atoms with E-state index in [1.807, 2.05) is 16.2 Å². The Hall–Kier alpha value is -0.910. The summed E-state index contributed by atoms with van der Waals surface area (Å²) in [6.45, 7) is 5.90. The molecule has 0 radical (unpaired) electrons. The zero-order valence-corrected chi connectivity index (χ0v) is 14.1. The maximum Gasteiger partial charge on any atom is 0.224 e. The summed E-state index contributed by atoms with van der Waals surface area (Å²) in [6, 6.07) is 2.68. The van der Waals surface area contributed by atoms with Crippen LogP contribution in [0.1, 0.15) is 36.6 Å². The fourth-order valence-corrected chi connectivity index (χ4v) is 4.47. The molecule has 122 valence electrons. The standard InChI is InChI=1S/C17H26N2O2S/c1-13-2-3-14(12-20)10-18(13)8-5-17(21)19-7-4-16-15(11-19)6-9-22-16/h6,9,13-14,20H,2-5,7-8,10-12H2,1H3. The molecule has 2 unspecified atom stereocenters. The van der Waals surface area contributed by atoms with Crippen molar-refractivity contribution in [2.24, 2.45) is 5.92 Å². The van der Waals surface area contributed by atoms with Gasteiger partial charge in [0.2, 0.25) is 5.91 Å². The van der Waals surface area contributed by atoms with Crippen LogP contribution < -0.4 is 0 Å². The number of amides is 1. The number of rotatable bonds is 4. The first-order valence-corrected chi connectivity index (χ1v) is 9.23. The normalized spacial score (nSPS) is 26.0. The molecule has 0 saturated carbocycles. The number of carbonyl (C=O) groups is 1. The summed E-state index contributed by atoms with van der Waals surface area (Å²) in [5.74, 6) is 0.657. The van der Waals surface area contributed by atoms with Crippen LogP contribution in [0.5, 0.6) is 0 Å². The average Bonchev–Trinajstić information content (AvgIpc) is 3.01. The lowest BCUT2D eigenvalue weighted by Crippen LogP contribution is -2.45. The van der Waals surface area contributed by atoms with Crippen molar-refractivity contribution in [3.8, 4) is 0 Å². The van der Waals surface area contributed by atoms with Crippen molar-refractivity contribution in [3.05, 3.63) is 21.9 Å². The monoisotopic (exact) mass is 322 g/mol. The first-order chi connectivity index (χ1) is 10.7. The summed E-state index contributed by atoms with van der Waals surface area (Å²) in [5.41, 5.74) is 1.33. The van der Waals surface area contributed by atoms with Crippen LogP contribution in [0.15, 0.2) is 11.4 Å². The Labute approximate surface area is 136 Å². The number of aliphatic hydroxyl groups is 1. The van der Waals surface area contributed by atoms with Gasteiger partial charge in [-0.05, 0) is 49.1 Å². The number of fused-ring (bicyclic) bond motifs is 1. The number of nitrogens with zero attached hydrogens (tertiary/aromatic N) is 2. The van der Waals surface area contributed by atoms with Gasteiger partial charge in [0.1, 0.15) is 0 Å². The highest BCUT2D eigenvalue weighted by atomic mass is 32.1. The number of carbonyl (C=O) groups excluding carboxylic acids is 1. The highest BCUT2D eigenvalue weighted by Crippen LogP contribution is 2.25. The van der Waals surface area contributed by atoms with E-state index in [9.17, 15) is 9.90 Å². The molecule has 1 fully saturated rings. The number of thiophene rings is 1. The van der Waals surface area contributed by atoms with Gasteiger partial charge in [-0.25, -0.2) is 0 Å². The third-order valence-electron chi connectivity index (χ3n) is 5.14. The van der Waals surface area contributed by atoms with Crippen LogP contribution in [0.4, 0.5) is 0 Å². The lowest BCUT2D eigenvalue weighted by molar-refractivity contribution is -0.132. The lowest BCUT2D eigenvalue weighted by atomic mass is 9.94. The molecule has 2 aliphatic heterocycles. The molecule has 3 rings (SSSR count). The predicted octanol–water partition coefficient (Wildman–Crippen LogP) is 2.12. The molecule has 4 nitrogen and oxygen atoms in total. The van der Waals surface area contributed by atoms with E-state index in [0.29, 0.717) is 18.4 Å². The Kier molecular flexibility index (Phi) is 5.16. The SMILES string of the molecule is CC1CCC(CO)CN1CCC(=O)N1CCc2sccc2C1. The molecule has 22 heavy (non-hydrogen) atoms. The van der Waals surface area contributed by atoms with Gasteiger partial charge in [-0.2, -0.15) is 0 Å². The third-order valence-corrected chi connectivity index (χ3v) is 6.16. The number of likely N-dealkylation sites (tertiary alicyclic amines) is 1. The van der Waals surface area contributed by atoms with Crippen molar-refractivity contribution >= 4 is 17.2 Å². The molecule has 5 heteroatoms. The minimum Gasteiger partial charge on any atom is -0.396 e. The van der Waals surface area contributed by atoms with Crippen LogP contribution in [0.3, 0.4) is 0 Å². The van der Waals surface area contributed by atoms with Crippen molar-refractivity contribution in [1.82, 2.24) is 9.80 Å². The number of aliphatic hydroxyl groups excluding tert-OH is 1. The minimum atomic E-state index is 0.268. The lowest BCUT2D eigenvalue weighted by Gasteiger charge is -2.37. The Morgan fingerprint density at radius 3 is 3.14 bits per heavy atom. The second kappa shape index (κ2) is 7.11.